The van der Waals surface area contributed by atoms with Gasteiger partial charge in [-0.2, -0.15) is 0 Å². The molecule has 5 nitrogen and oxygen atoms in total. The number of benzene rings is 2. The summed E-state index contributed by atoms with van der Waals surface area (Å²) in [5, 5.41) is 5.11. The molecule has 3 amide bonds. The molecule has 0 fully saturated rings. The molecule has 23 heavy (non-hydrogen) atoms. The minimum atomic E-state index is -0.497. The molecule has 0 aliphatic heterocycles. The van der Waals surface area contributed by atoms with Gasteiger partial charge in [-0.25, -0.2) is 9.18 Å². The molecule has 4 N–H and O–H groups in total. The van der Waals surface area contributed by atoms with Gasteiger partial charge in [-0.05, 0) is 48.5 Å². The molecule has 2 rings (SSSR count). The smallest absolute Gasteiger partial charge is 0.319 e. The highest BCUT2D eigenvalue weighted by molar-refractivity contribution is 5.92. The van der Waals surface area contributed by atoms with Crippen LogP contribution < -0.4 is 16.4 Å². The summed E-state index contributed by atoms with van der Waals surface area (Å²) in [6.07, 6.45) is 0. The molecule has 0 radical (unpaired) electrons. The normalized spacial score (nSPS) is 9.43. The van der Waals surface area contributed by atoms with E-state index in [1.54, 1.807) is 24.3 Å². The van der Waals surface area contributed by atoms with Crippen molar-refractivity contribution in [2.24, 2.45) is 5.73 Å². The summed E-state index contributed by atoms with van der Waals surface area (Å²) in [6.45, 7) is 0.143. The van der Waals surface area contributed by atoms with Crippen LogP contribution in [0.25, 0.3) is 0 Å². The number of carbonyl (C=O) groups excluding carboxylic acids is 2. The lowest BCUT2D eigenvalue weighted by Crippen LogP contribution is -2.28. The molecule has 0 unspecified atom stereocenters. The minimum Gasteiger partial charge on any atom is -0.366 e. The van der Waals surface area contributed by atoms with E-state index in [0.717, 1.165) is 0 Å². The maximum Gasteiger partial charge on any atom is 0.319 e. The lowest BCUT2D eigenvalue weighted by atomic mass is 10.1. The van der Waals surface area contributed by atoms with Crippen LogP contribution in [0.5, 0.6) is 0 Å². The fourth-order valence-electron chi connectivity index (χ4n) is 1.70. The highest BCUT2D eigenvalue weighted by Gasteiger charge is 2.00. The van der Waals surface area contributed by atoms with Crippen molar-refractivity contribution >= 4 is 17.6 Å². The fraction of sp³-hybridized carbons (Fsp3) is 0.0588. The van der Waals surface area contributed by atoms with E-state index < -0.39 is 11.9 Å². The van der Waals surface area contributed by atoms with Gasteiger partial charge in [0.25, 0.3) is 0 Å². The van der Waals surface area contributed by atoms with Crippen molar-refractivity contribution in [3.63, 3.8) is 0 Å². The van der Waals surface area contributed by atoms with E-state index in [2.05, 4.69) is 22.5 Å². The largest absolute Gasteiger partial charge is 0.366 e. The van der Waals surface area contributed by atoms with Crippen LogP contribution in [-0.2, 0) is 0 Å². The molecule has 0 bridgehead atoms. The van der Waals surface area contributed by atoms with Gasteiger partial charge in [0, 0.05) is 16.8 Å². The van der Waals surface area contributed by atoms with Gasteiger partial charge in [-0.3, -0.25) is 4.79 Å². The Balaban J connectivity index is 1.81. The van der Waals surface area contributed by atoms with Crippen molar-refractivity contribution in [3.05, 3.63) is 65.5 Å². The zero-order chi connectivity index (χ0) is 16.7. The first-order valence-corrected chi connectivity index (χ1v) is 6.74. The summed E-state index contributed by atoms with van der Waals surface area (Å²) in [4.78, 5) is 22.5. The monoisotopic (exact) mass is 311 g/mol. The molecule has 116 valence electrons. The number of hydrogen-bond donors (Lipinski definition) is 3. The summed E-state index contributed by atoms with van der Waals surface area (Å²) >= 11 is 0. The molecule has 0 aliphatic carbocycles. The summed E-state index contributed by atoms with van der Waals surface area (Å²) < 4.78 is 12.7. The first-order valence-electron chi connectivity index (χ1n) is 6.74. The van der Waals surface area contributed by atoms with E-state index in [0.29, 0.717) is 16.8 Å². The molecule has 0 atom stereocenters. The second-order valence-electron chi connectivity index (χ2n) is 4.56. The standard InChI is InChI=1S/C17H14FN3O2/c18-14-7-9-15(10-8-14)21-17(23)20-11-1-2-12-3-5-13(6-4-12)16(19)22/h3-10H,11H2,(H2,19,22)(H2,20,21,23). The van der Waals surface area contributed by atoms with Crippen LogP contribution in [0.1, 0.15) is 15.9 Å². The third kappa shape index (κ3) is 5.17. The van der Waals surface area contributed by atoms with Crippen molar-refractivity contribution in [1.29, 1.82) is 0 Å². The van der Waals surface area contributed by atoms with Crippen molar-refractivity contribution in [2.45, 2.75) is 0 Å². The molecule has 0 spiro atoms. The van der Waals surface area contributed by atoms with E-state index >= 15 is 0 Å². The number of carbonyl (C=O) groups is 2. The number of anilines is 1. The van der Waals surface area contributed by atoms with Crippen LogP contribution >= 0.6 is 0 Å². The van der Waals surface area contributed by atoms with Gasteiger partial charge >= 0.3 is 6.03 Å². The van der Waals surface area contributed by atoms with Crippen molar-refractivity contribution in [2.75, 3.05) is 11.9 Å². The minimum absolute atomic E-state index is 0.143. The number of hydrogen-bond acceptors (Lipinski definition) is 2. The van der Waals surface area contributed by atoms with Gasteiger partial charge in [0.05, 0.1) is 6.54 Å². The number of halogens is 1. The Kier molecular flexibility index (Phi) is 5.31. The zero-order valence-electron chi connectivity index (χ0n) is 12.1. The van der Waals surface area contributed by atoms with Crippen LogP contribution in [0.2, 0.25) is 0 Å². The van der Waals surface area contributed by atoms with Crippen LogP contribution in [0, 0.1) is 17.7 Å². The molecule has 0 aromatic heterocycles. The van der Waals surface area contributed by atoms with Crippen molar-refractivity contribution in [3.8, 4) is 11.8 Å². The quantitative estimate of drug-likeness (QED) is 0.758. The van der Waals surface area contributed by atoms with Crippen LogP contribution in [0.3, 0.4) is 0 Å². The number of amides is 3. The first kappa shape index (κ1) is 16.0. The number of nitrogens with two attached hydrogens (primary N) is 1. The molecule has 2 aromatic rings. The maximum absolute atomic E-state index is 12.7. The number of primary amides is 1. The average molecular weight is 311 g/mol. The molecule has 2 aromatic carbocycles. The molecule has 0 heterocycles. The zero-order valence-corrected chi connectivity index (χ0v) is 12.1. The van der Waals surface area contributed by atoms with Gasteiger partial charge in [0.2, 0.25) is 5.91 Å². The van der Waals surface area contributed by atoms with E-state index in [4.69, 9.17) is 5.73 Å². The van der Waals surface area contributed by atoms with Crippen molar-refractivity contribution in [1.82, 2.24) is 5.32 Å². The Morgan fingerprint density at radius 3 is 2.30 bits per heavy atom. The Morgan fingerprint density at radius 1 is 1.04 bits per heavy atom. The van der Waals surface area contributed by atoms with Gasteiger partial charge in [0.1, 0.15) is 5.82 Å². The van der Waals surface area contributed by atoms with Crippen LogP contribution in [0.15, 0.2) is 48.5 Å². The van der Waals surface area contributed by atoms with Crippen LogP contribution in [-0.4, -0.2) is 18.5 Å². The molecular formula is C17H14FN3O2. The lowest BCUT2D eigenvalue weighted by molar-refractivity contribution is 0.100. The predicted molar refractivity (Wildman–Crippen MR) is 85.3 cm³/mol. The van der Waals surface area contributed by atoms with Gasteiger partial charge in [0.15, 0.2) is 0 Å². The Hall–Kier alpha value is -3.33. The molecule has 0 saturated heterocycles. The molecule has 0 aliphatic rings. The number of nitrogens with one attached hydrogen (secondary N) is 2. The highest BCUT2D eigenvalue weighted by atomic mass is 19.1. The second-order valence-corrected chi connectivity index (χ2v) is 4.56. The number of urea groups is 1. The van der Waals surface area contributed by atoms with E-state index in [1.165, 1.54) is 24.3 Å². The summed E-state index contributed by atoms with van der Waals surface area (Å²) in [5.41, 5.74) is 6.74. The van der Waals surface area contributed by atoms with E-state index in [-0.39, 0.29) is 12.4 Å². The third-order valence-electron chi connectivity index (χ3n) is 2.84. The van der Waals surface area contributed by atoms with E-state index in [1.807, 2.05) is 0 Å². The Bertz CT molecular complexity index is 759. The molecule has 6 heteroatoms. The summed E-state index contributed by atoms with van der Waals surface area (Å²) in [5.74, 6) is 4.75. The van der Waals surface area contributed by atoms with Crippen molar-refractivity contribution < 1.29 is 14.0 Å². The Morgan fingerprint density at radius 2 is 1.70 bits per heavy atom. The molecular weight excluding hydrogens is 297 g/mol. The maximum atomic E-state index is 12.7. The topological polar surface area (TPSA) is 84.2 Å². The van der Waals surface area contributed by atoms with E-state index in [9.17, 15) is 14.0 Å². The average Bonchev–Trinajstić information content (AvgIpc) is 2.54. The highest BCUT2D eigenvalue weighted by Crippen LogP contribution is 2.07. The summed E-state index contributed by atoms with van der Waals surface area (Å²) in [7, 11) is 0. The van der Waals surface area contributed by atoms with Crippen LogP contribution in [0.4, 0.5) is 14.9 Å². The predicted octanol–water partition coefficient (Wildman–Crippen LogP) is 2.10. The van der Waals surface area contributed by atoms with Gasteiger partial charge in [-0.15, -0.1) is 0 Å². The fourth-order valence-corrected chi connectivity index (χ4v) is 1.70. The first-order chi connectivity index (χ1) is 11.0. The third-order valence-corrected chi connectivity index (χ3v) is 2.84. The second kappa shape index (κ2) is 7.61. The lowest BCUT2D eigenvalue weighted by Gasteiger charge is -2.04. The SMILES string of the molecule is NC(=O)c1ccc(C#CCNC(=O)Nc2ccc(F)cc2)cc1. The Labute approximate surface area is 132 Å². The van der Waals surface area contributed by atoms with Gasteiger partial charge < -0.3 is 16.4 Å². The van der Waals surface area contributed by atoms with Gasteiger partial charge in [-0.1, -0.05) is 11.8 Å². The number of rotatable bonds is 3. The molecule has 0 saturated carbocycles. The summed E-state index contributed by atoms with van der Waals surface area (Å²) in [6, 6.07) is 11.5.